The number of urea groups is 1. The normalized spacial score (nSPS) is 14.5. The summed E-state index contributed by atoms with van der Waals surface area (Å²) >= 11 is 5.81. The van der Waals surface area contributed by atoms with Gasteiger partial charge in [-0.2, -0.15) is 0 Å². The highest BCUT2D eigenvalue weighted by atomic mass is 35.5. The van der Waals surface area contributed by atoms with Gasteiger partial charge in [0.1, 0.15) is 6.54 Å². The highest BCUT2D eigenvalue weighted by Gasteiger charge is 2.28. The predicted molar refractivity (Wildman–Crippen MR) is 101 cm³/mol. The maximum Gasteiger partial charge on any atom is 0.322 e. The molecule has 26 heavy (non-hydrogen) atoms. The number of rotatable bonds is 6. The largest absolute Gasteiger partial charge is 0.355 e. The van der Waals surface area contributed by atoms with Crippen molar-refractivity contribution in [2.75, 3.05) is 38.0 Å². The Labute approximate surface area is 158 Å². The molecule has 0 atom stereocenters. The summed E-state index contributed by atoms with van der Waals surface area (Å²) < 4.78 is 0. The zero-order valence-electron chi connectivity index (χ0n) is 15.1. The number of halogens is 1. The molecule has 0 spiro atoms. The van der Waals surface area contributed by atoms with Crippen molar-refractivity contribution in [1.29, 1.82) is 0 Å². The van der Waals surface area contributed by atoms with E-state index < -0.39 is 0 Å². The van der Waals surface area contributed by atoms with Crippen molar-refractivity contribution in [2.24, 2.45) is 5.92 Å². The lowest BCUT2D eigenvalue weighted by molar-refractivity contribution is -0.139. The quantitative estimate of drug-likeness (QED) is 0.793. The van der Waals surface area contributed by atoms with Gasteiger partial charge in [-0.25, -0.2) is 4.79 Å². The Morgan fingerprint density at radius 2 is 1.88 bits per heavy atom. The summed E-state index contributed by atoms with van der Waals surface area (Å²) in [4.78, 5) is 39.3. The van der Waals surface area contributed by atoms with Gasteiger partial charge in [0.25, 0.3) is 0 Å². The monoisotopic (exact) mass is 380 g/mol. The number of anilines is 1. The van der Waals surface area contributed by atoms with Crippen molar-refractivity contribution < 1.29 is 14.4 Å². The molecule has 0 aromatic heterocycles. The summed E-state index contributed by atoms with van der Waals surface area (Å²) in [6.07, 6.45) is 0.901. The van der Waals surface area contributed by atoms with Crippen molar-refractivity contribution in [3.05, 3.63) is 29.3 Å². The van der Waals surface area contributed by atoms with Crippen LogP contribution in [0.3, 0.4) is 0 Å². The molecule has 1 heterocycles. The molecule has 1 aliphatic heterocycles. The van der Waals surface area contributed by atoms with Crippen LogP contribution in [0.5, 0.6) is 0 Å². The minimum absolute atomic E-state index is 0.0313. The first kappa shape index (κ1) is 20.0. The van der Waals surface area contributed by atoms with E-state index in [1.165, 1.54) is 9.80 Å². The topological polar surface area (TPSA) is 81.8 Å². The average molecular weight is 381 g/mol. The fraction of sp³-hybridized carbons (Fsp3) is 0.500. The maximum atomic E-state index is 12.3. The fourth-order valence-corrected chi connectivity index (χ4v) is 2.64. The summed E-state index contributed by atoms with van der Waals surface area (Å²) in [6.45, 7) is 5.49. The molecule has 0 aliphatic carbocycles. The molecule has 2 rings (SSSR count). The Morgan fingerprint density at radius 1 is 1.19 bits per heavy atom. The molecular formula is C18H25ClN4O3. The van der Waals surface area contributed by atoms with Crippen LogP contribution in [0.25, 0.3) is 0 Å². The van der Waals surface area contributed by atoms with Crippen molar-refractivity contribution in [3.63, 3.8) is 0 Å². The van der Waals surface area contributed by atoms with Crippen LogP contribution in [0.2, 0.25) is 5.02 Å². The van der Waals surface area contributed by atoms with Gasteiger partial charge in [0.05, 0.1) is 6.54 Å². The molecule has 4 amide bonds. The zero-order chi connectivity index (χ0) is 19.1. The molecule has 7 nitrogen and oxygen atoms in total. The summed E-state index contributed by atoms with van der Waals surface area (Å²) in [7, 11) is 0. The number of carbonyl (C=O) groups is 3. The third-order valence-corrected chi connectivity index (χ3v) is 4.33. The first-order valence-electron chi connectivity index (χ1n) is 8.71. The molecule has 1 fully saturated rings. The van der Waals surface area contributed by atoms with E-state index in [9.17, 15) is 14.4 Å². The van der Waals surface area contributed by atoms with Gasteiger partial charge in [-0.15, -0.1) is 0 Å². The minimum Gasteiger partial charge on any atom is -0.355 e. The second-order valence-corrected chi connectivity index (χ2v) is 7.14. The van der Waals surface area contributed by atoms with Gasteiger partial charge >= 0.3 is 6.03 Å². The van der Waals surface area contributed by atoms with Gasteiger partial charge in [0.15, 0.2) is 0 Å². The Balaban J connectivity index is 1.78. The van der Waals surface area contributed by atoms with E-state index >= 15 is 0 Å². The van der Waals surface area contributed by atoms with E-state index in [0.29, 0.717) is 36.3 Å². The van der Waals surface area contributed by atoms with Crippen LogP contribution in [0.1, 0.15) is 20.3 Å². The molecule has 1 aliphatic rings. The first-order valence-corrected chi connectivity index (χ1v) is 9.09. The Bertz CT molecular complexity index is 648. The standard InChI is InChI=1S/C18H25ClN4O3/c1-13(2)7-8-20-16(24)11-22-9-10-23(12-17(22)25)18(26)21-15-5-3-14(19)4-6-15/h3-6,13H,7-12H2,1-2H3,(H,20,24)(H,21,26). The van der Waals surface area contributed by atoms with Gasteiger partial charge in [0.2, 0.25) is 11.8 Å². The van der Waals surface area contributed by atoms with Crippen LogP contribution < -0.4 is 10.6 Å². The van der Waals surface area contributed by atoms with Gasteiger partial charge in [-0.05, 0) is 36.6 Å². The molecule has 0 bridgehead atoms. The number of nitrogens with zero attached hydrogens (tertiary/aromatic N) is 2. The molecule has 0 radical (unpaired) electrons. The molecule has 8 heteroatoms. The first-order chi connectivity index (χ1) is 12.3. The highest BCUT2D eigenvalue weighted by Crippen LogP contribution is 2.14. The molecule has 1 aromatic carbocycles. The highest BCUT2D eigenvalue weighted by molar-refractivity contribution is 6.30. The Kier molecular flexibility index (Phi) is 7.26. The maximum absolute atomic E-state index is 12.3. The summed E-state index contributed by atoms with van der Waals surface area (Å²) in [5, 5.41) is 6.13. The van der Waals surface area contributed by atoms with Gasteiger partial charge in [-0.1, -0.05) is 25.4 Å². The van der Waals surface area contributed by atoms with Gasteiger partial charge in [-0.3, -0.25) is 9.59 Å². The molecular weight excluding hydrogens is 356 g/mol. The van der Waals surface area contributed by atoms with Crippen molar-refractivity contribution in [3.8, 4) is 0 Å². The summed E-state index contributed by atoms with van der Waals surface area (Å²) in [6, 6.07) is 6.40. The van der Waals surface area contributed by atoms with Gasteiger partial charge < -0.3 is 20.4 Å². The SMILES string of the molecule is CC(C)CCNC(=O)CN1CCN(C(=O)Nc2ccc(Cl)cc2)CC1=O. The van der Waals surface area contributed by atoms with Crippen molar-refractivity contribution in [2.45, 2.75) is 20.3 Å². The number of nitrogens with one attached hydrogen (secondary N) is 2. The molecule has 0 unspecified atom stereocenters. The van der Waals surface area contributed by atoms with Crippen molar-refractivity contribution in [1.82, 2.24) is 15.1 Å². The van der Waals surface area contributed by atoms with E-state index in [4.69, 9.17) is 11.6 Å². The van der Waals surface area contributed by atoms with Crippen LogP contribution >= 0.6 is 11.6 Å². The van der Waals surface area contributed by atoms with E-state index in [-0.39, 0.29) is 30.9 Å². The second kappa shape index (κ2) is 9.43. The molecule has 2 N–H and O–H groups in total. The number of piperazine rings is 1. The second-order valence-electron chi connectivity index (χ2n) is 6.71. The predicted octanol–water partition coefficient (Wildman–Crippen LogP) is 2.18. The van der Waals surface area contributed by atoms with Crippen LogP contribution in [-0.2, 0) is 9.59 Å². The Hall–Kier alpha value is -2.28. The minimum atomic E-state index is -0.346. The van der Waals surface area contributed by atoms with E-state index in [1.807, 2.05) is 0 Å². The number of benzene rings is 1. The fourth-order valence-electron chi connectivity index (χ4n) is 2.51. The molecule has 1 saturated heterocycles. The van der Waals surface area contributed by atoms with E-state index in [2.05, 4.69) is 24.5 Å². The Morgan fingerprint density at radius 3 is 2.50 bits per heavy atom. The van der Waals surface area contributed by atoms with Crippen LogP contribution in [0, 0.1) is 5.92 Å². The zero-order valence-corrected chi connectivity index (χ0v) is 15.9. The van der Waals surface area contributed by atoms with Crippen LogP contribution in [0.15, 0.2) is 24.3 Å². The average Bonchev–Trinajstić information content (AvgIpc) is 2.58. The van der Waals surface area contributed by atoms with Crippen molar-refractivity contribution >= 4 is 35.1 Å². The van der Waals surface area contributed by atoms with Crippen LogP contribution in [-0.4, -0.2) is 60.4 Å². The number of hydrogen-bond acceptors (Lipinski definition) is 3. The van der Waals surface area contributed by atoms with E-state index in [1.54, 1.807) is 24.3 Å². The smallest absolute Gasteiger partial charge is 0.322 e. The van der Waals surface area contributed by atoms with E-state index in [0.717, 1.165) is 6.42 Å². The number of amides is 4. The summed E-state index contributed by atoms with van der Waals surface area (Å²) in [5.41, 5.74) is 0.610. The van der Waals surface area contributed by atoms with Crippen LogP contribution in [0.4, 0.5) is 10.5 Å². The lowest BCUT2D eigenvalue weighted by atomic mass is 10.1. The number of carbonyl (C=O) groups excluding carboxylic acids is 3. The third-order valence-electron chi connectivity index (χ3n) is 4.08. The molecule has 1 aromatic rings. The lowest BCUT2D eigenvalue weighted by Crippen LogP contribution is -2.55. The van der Waals surface area contributed by atoms with Gasteiger partial charge in [0, 0.05) is 30.3 Å². The molecule has 0 saturated carbocycles. The summed E-state index contributed by atoms with van der Waals surface area (Å²) in [5.74, 6) is 0.110. The lowest BCUT2D eigenvalue weighted by Gasteiger charge is -2.33. The third kappa shape index (κ3) is 6.22. The molecule has 142 valence electrons. The number of hydrogen-bond donors (Lipinski definition) is 2.